The molecule has 1 aliphatic heterocycles. The maximum absolute atomic E-state index is 14.3. The van der Waals surface area contributed by atoms with Crippen molar-refractivity contribution in [1.29, 1.82) is 0 Å². The van der Waals surface area contributed by atoms with Gasteiger partial charge in [-0.25, -0.2) is 22.4 Å². The van der Waals surface area contributed by atoms with Crippen molar-refractivity contribution in [3.05, 3.63) is 65.4 Å². The van der Waals surface area contributed by atoms with Gasteiger partial charge in [-0.1, -0.05) is 29.3 Å². The maximum atomic E-state index is 14.3. The van der Waals surface area contributed by atoms with Crippen LogP contribution in [0.25, 0.3) is 33.3 Å². The van der Waals surface area contributed by atoms with E-state index in [2.05, 4.69) is 14.5 Å². The van der Waals surface area contributed by atoms with E-state index in [4.69, 9.17) is 31.8 Å². The van der Waals surface area contributed by atoms with Crippen molar-refractivity contribution in [2.24, 2.45) is 11.7 Å². The number of benzene rings is 1. The summed E-state index contributed by atoms with van der Waals surface area (Å²) in [4.78, 5) is 11.9. The van der Waals surface area contributed by atoms with Crippen LogP contribution in [0.2, 0.25) is 5.02 Å². The molecular formula is C31H35ClN6O4S. The number of aryl methyl sites for hydroxylation is 1. The number of halogens is 1. The van der Waals surface area contributed by atoms with Crippen LogP contribution in [0.4, 0.5) is 0 Å². The van der Waals surface area contributed by atoms with Crippen molar-refractivity contribution in [3.8, 4) is 22.9 Å². The molecule has 0 amide bonds. The first-order valence-corrected chi connectivity index (χ1v) is 16.1. The van der Waals surface area contributed by atoms with Gasteiger partial charge in [0.05, 0.1) is 35.3 Å². The molecule has 226 valence electrons. The van der Waals surface area contributed by atoms with Gasteiger partial charge in [0, 0.05) is 42.5 Å². The van der Waals surface area contributed by atoms with Crippen molar-refractivity contribution >= 4 is 43.7 Å². The molecule has 1 saturated heterocycles. The smallest absolute Gasteiger partial charge is 0.269 e. The van der Waals surface area contributed by atoms with Crippen LogP contribution in [0.3, 0.4) is 0 Å². The van der Waals surface area contributed by atoms with Crippen LogP contribution in [-0.4, -0.2) is 72.2 Å². The third-order valence-corrected chi connectivity index (χ3v) is 10.4. The molecule has 1 fully saturated rings. The van der Waals surface area contributed by atoms with Gasteiger partial charge in [-0.2, -0.15) is 0 Å². The molecule has 0 radical (unpaired) electrons. The lowest BCUT2D eigenvalue weighted by molar-refractivity contribution is 0.182. The molecule has 1 aromatic carbocycles. The van der Waals surface area contributed by atoms with Gasteiger partial charge in [-0.05, 0) is 69.6 Å². The predicted molar refractivity (Wildman–Crippen MR) is 169 cm³/mol. The first kappa shape index (κ1) is 29.4. The summed E-state index contributed by atoms with van der Waals surface area (Å²) in [5.41, 5.74) is 9.50. The quantitative estimate of drug-likeness (QED) is 0.246. The SMILES string of the molecule is COc1cc2c(nc1OC)c(-c1cc3c(Cl)ccnc3n1S(=O)(=O)c1ccc(C)cc1)cn2CCN1CCC(CN)CC1. The number of hydrogen-bond acceptors (Lipinski definition) is 8. The molecule has 5 aromatic rings. The number of methoxy groups -OCH3 is 2. The van der Waals surface area contributed by atoms with E-state index in [1.165, 1.54) is 17.3 Å². The zero-order valence-corrected chi connectivity index (χ0v) is 26.0. The van der Waals surface area contributed by atoms with Gasteiger partial charge in [0.25, 0.3) is 15.9 Å². The predicted octanol–water partition coefficient (Wildman–Crippen LogP) is 4.94. The van der Waals surface area contributed by atoms with Gasteiger partial charge in [0.1, 0.15) is 5.52 Å². The van der Waals surface area contributed by atoms with Crippen molar-refractivity contribution < 1.29 is 17.9 Å². The number of nitrogens with zero attached hydrogens (tertiary/aromatic N) is 5. The van der Waals surface area contributed by atoms with Crippen LogP contribution < -0.4 is 15.2 Å². The minimum absolute atomic E-state index is 0.149. The Hall–Kier alpha value is -3.64. The number of rotatable bonds is 9. The second kappa shape index (κ2) is 11.8. The van der Waals surface area contributed by atoms with Crippen molar-refractivity contribution in [2.45, 2.75) is 31.2 Å². The zero-order valence-electron chi connectivity index (χ0n) is 24.5. The highest BCUT2D eigenvalue weighted by molar-refractivity contribution is 7.90. The van der Waals surface area contributed by atoms with E-state index in [1.807, 2.05) is 19.2 Å². The van der Waals surface area contributed by atoms with Gasteiger partial charge in [0.2, 0.25) is 0 Å². The summed E-state index contributed by atoms with van der Waals surface area (Å²) in [5.74, 6) is 1.37. The molecule has 12 heteroatoms. The van der Waals surface area contributed by atoms with Crippen LogP contribution in [-0.2, 0) is 16.6 Å². The number of fused-ring (bicyclic) bond motifs is 2. The highest BCUT2D eigenvalue weighted by Gasteiger charge is 2.29. The highest BCUT2D eigenvalue weighted by atomic mass is 35.5. The Kier molecular flexibility index (Phi) is 8.08. The van der Waals surface area contributed by atoms with Crippen molar-refractivity contribution in [3.63, 3.8) is 0 Å². The lowest BCUT2D eigenvalue weighted by Crippen LogP contribution is -2.37. The largest absolute Gasteiger partial charge is 0.491 e. The first-order valence-electron chi connectivity index (χ1n) is 14.3. The average molecular weight is 623 g/mol. The fourth-order valence-corrected chi connectivity index (χ4v) is 7.49. The molecule has 0 atom stereocenters. The summed E-state index contributed by atoms with van der Waals surface area (Å²) < 4.78 is 43.1. The van der Waals surface area contributed by atoms with E-state index in [-0.39, 0.29) is 10.5 Å². The minimum Gasteiger partial charge on any atom is -0.491 e. The van der Waals surface area contributed by atoms with Crippen molar-refractivity contribution in [2.75, 3.05) is 40.4 Å². The molecule has 10 nitrogen and oxygen atoms in total. The first-order chi connectivity index (χ1) is 20.7. The molecule has 43 heavy (non-hydrogen) atoms. The Morgan fingerprint density at radius 3 is 2.47 bits per heavy atom. The van der Waals surface area contributed by atoms with Gasteiger partial charge in [0.15, 0.2) is 11.4 Å². The van der Waals surface area contributed by atoms with Gasteiger partial charge in [-0.15, -0.1) is 0 Å². The fraction of sp³-hybridized carbons (Fsp3) is 0.355. The summed E-state index contributed by atoms with van der Waals surface area (Å²) in [7, 11) is -0.977. The molecular weight excluding hydrogens is 588 g/mol. The topological polar surface area (TPSA) is 118 Å². The Labute approximate surface area is 256 Å². The van der Waals surface area contributed by atoms with Crippen LogP contribution in [0.15, 0.2) is 59.8 Å². The van der Waals surface area contributed by atoms with Crippen molar-refractivity contribution in [1.82, 2.24) is 23.4 Å². The lowest BCUT2D eigenvalue weighted by atomic mass is 9.97. The lowest BCUT2D eigenvalue weighted by Gasteiger charge is -2.31. The zero-order chi connectivity index (χ0) is 30.3. The van der Waals surface area contributed by atoms with Crippen LogP contribution >= 0.6 is 11.6 Å². The van der Waals surface area contributed by atoms with Crippen LogP contribution in [0.5, 0.6) is 11.6 Å². The fourth-order valence-electron chi connectivity index (χ4n) is 5.82. The van der Waals surface area contributed by atoms with E-state index in [9.17, 15) is 8.42 Å². The Balaban J connectivity index is 1.54. The average Bonchev–Trinajstić information content (AvgIpc) is 3.59. The Bertz CT molecular complexity index is 1890. The maximum Gasteiger partial charge on any atom is 0.269 e. The molecule has 5 heterocycles. The number of ether oxygens (including phenoxy) is 2. The molecule has 0 bridgehead atoms. The second-order valence-electron chi connectivity index (χ2n) is 11.0. The molecule has 4 aromatic heterocycles. The van der Waals surface area contributed by atoms with Crippen LogP contribution in [0.1, 0.15) is 18.4 Å². The van der Waals surface area contributed by atoms with E-state index in [0.717, 1.165) is 50.1 Å². The van der Waals surface area contributed by atoms with Crippen LogP contribution in [0, 0.1) is 12.8 Å². The third kappa shape index (κ3) is 5.35. The standard InChI is InChI=1S/C31H35ClN6O4S/c1-20-4-6-22(7-5-20)43(39,40)38-26(16-23-25(32)8-11-34-30(23)38)24-19-37(15-14-36-12-9-21(18-33)10-13-36)27-17-28(41-2)31(42-3)35-29(24)27/h4-8,11,16-17,19,21H,9-10,12-15,18,33H2,1-3H3. The number of pyridine rings is 2. The number of piperidine rings is 1. The summed E-state index contributed by atoms with van der Waals surface area (Å²) in [6.07, 6.45) is 5.64. The number of hydrogen-bond donors (Lipinski definition) is 1. The minimum atomic E-state index is -4.08. The van der Waals surface area contributed by atoms with E-state index in [1.54, 1.807) is 43.5 Å². The van der Waals surface area contributed by atoms with E-state index < -0.39 is 10.0 Å². The molecule has 6 rings (SSSR count). The summed E-state index contributed by atoms with van der Waals surface area (Å²) in [6.45, 7) is 6.13. The normalized spacial score (nSPS) is 15.0. The highest BCUT2D eigenvalue weighted by Crippen LogP contribution is 2.40. The molecule has 1 aliphatic rings. The van der Waals surface area contributed by atoms with Gasteiger partial charge < -0.3 is 24.7 Å². The monoisotopic (exact) mass is 622 g/mol. The molecule has 0 aliphatic carbocycles. The molecule has 0 unspecified atom stereocenters. The number of nitrogens with two attached hydrogens (primary N) is 1. The molecule has 0 saturated carbocycles. The van der Waals surface area contributed by atoms with Gasteiger partial charge >= 0.3 is 0 Å². The number of likely N-dealkylation sites (tertiary alicyclic amines) is 1. The van der Waals surface area contributed by atoms with E-state index >= 15 is 0 Å². The summed E-state index contributed by atoms with van der Waals surface area (Å²) >= 11 is 6.59. The van der Waals surface area contributed by atoms with Gasteiger partial charge in [-0.3, -0.25) is 0 Å². The molecule has 2 N–H and O–H groups in total. The summed E-state index contributed by atoms with van der Waals surface area (Å²) in [5, 5.41) is 0.930. The molecule has 0 spiro atoms. The Morgan fingerprint density at radius 2 is 1.79 bits per heavy atom. The number of aromatic nitrogens is 4. The summed E-state index contributed by atoms with van der Waals surface area (Å²) in [6, 6.07) is 12.1. The second-order valence-corrected chi connectivity index (χ2v) is 13.2. The Morgan fingerprint density at radius 1 is 1.05 bits per heavy atom. The van der Waals surface area contributed by atoms with E-state index in [0.29, 0.717) is 51.3 Å². The third-order valence-electron chi connectivity index (χ3n) is 8.34.